The van der Waals surface area contributed by atoms with Crippen molar-refractivity contribution in [2.24, 2.45) is 17.3 Å². The van der Waals surface area contributed by atoms with Crippen LogP contribution < -0.4 is 0 Å². The van der Waals surface area contributed by atoms with Gasteiger partial charge in [-0.3, -0.25) is 14.4 Å². The molecule has 0 aromatic carbocycles. The molecule has 0 saturated heterocycles. The lowest BCUT2D eigenvalue weighted by molar-refractivity contribution is -0.141. The minimum absolute atomic E-state index is 0.00942. The normalized spacial score (nSPS) is 26.7. The quantitative estimate of drug-likeness (QED) is 0.541. The summed E-state index contributed by atoms with van der Waals surface area (Å²) in [6.45, 7) is 5.87. The summed E-state index contributed by atoms with van der Waals surface area (Å²) < 4.78 is 5.40. The van der Waals surface area contributed by atoms with Gasteiger partial charge in [0.2, 0.25) is 0 Å². The highest BCUT2D eigenvalue weighted by Crippen LogP contribution is 2.36. The lowest BCUT2D eigenvalue weighted by Crippen LogP contribution is -2.27. The van der Waals surface area contributed by atoms with Crippen LogP contribution in [0, 0.1) is 17.3 Å². The first kappa shape index (κ1) is 18.6. The average Bonchev–Trinajstić information content (AvgIpc) is 2.84. The zero-order valence-corrected chi connectivity index (χ0v) is 15.0. The van der Waals surface area contributed by atoms with Gasteiger partial charge in [-0.2, -0.15) is 0 Å². The van der Waals surface area contributed by atoms with E-state index in [4.69, 9.17) is 4.74 Å². The molecule has 1 saturated carbocycles. The Kier molecular flexibility index (Phi) is 6.14. The number of Topliss-reactive ketones (excluding diaryl/α,β-unsaturated/α-hetero) is 1. The molecule has 0 aliphatic heterocycles. The smallest absolute Gasteiger partial charge is 0.311 e. The Bertz CT molecular complexity index is 568. The predicted molar refractivity (Wildman–Crippen MR) is 92.1 cm³/mol. The van der Waals surface area contributed by atoms with Crippen LogP contribution in [0.15, 0.2) is 24.0 Å². The Morgan fingerprint density at radius 3 is 2.71 bits per heavy atom. The first-order valence-corrected chi connectivity index (χ1v) is 8.97. The molecule has 0 radical (unpaired) electrons. The van der Waals surface area contributed by atoms with E-state index in [1.165, 1.54) is 6.08 Å². The minimum Gasteiger partial charge on any atom is -0.431 e. The van der Waals surface area contributed by atoms with Crippen molar-refractivity contribution in [3.8, 4) is 0 Å². The van der Waals surface area contributed by atoms with Crippen molar-refractivity contribution in [3.63, 3.8) is 0 Å². The summed E-state index contributed by atoms with van der Waals surface area (Å²) in [6.07, 6.45) is 10.1. The lowest BCUT2D eigenvalue weighted by Gasteiger charge is -2.26. The van der Waals surface area contributed by atoms with E-state index in [0.29, 0.717) is 31.4 Å². The zero-order chi connectivity index (χ0) is 17.7. The Balaban J connectivity index is 1.91. The van der Waals surface area contributed by atoms with Crippen molar-refractivity contribution in [1.82, 2.24) is 0 Å². The second-order valence-electron chi connectivity index (χ2n) is 7.52. The maximum Gasteiger partial charge on any atom is 0.311 e. The zero-order valence-electron chi connectivity index (χ0n) is 15.0. The van der Waals surface area contributed by atoms with Crippen LogP contribution in [0.4, 0.5) is 0 Å². The molecule has 0 amide bonds. The average molecular weight is 332 g/mol. The van der Waals surface area contributed by atoms with Crippen LogP contribution in [0.2, 0.25) is 0 Å². The number of ether oxygens (including phenoxy) is 1. The van der Waals surface area contributed by atoms with Gasteiger partial charge in [-0.15, -0.1) is 0 Å². The van der Waals surface area contributed by atoms with Crippen molar-refractivity contribution in [2.75, 3.05) is 0 Å². The first-order valence-electron chi connectivity index (χ1n) is 8.97. The van der Waals surface area contributed by atoms with Crippen LogP contribution in [-0.2, 0) is 19.1 Å². The van der Waals surface area contributed by atoms with E-state index in [9.17, 15) is 14.4 Å². The molecule has 0 spiro atoms. The van der Waals surface area contributed by atoms with Crippen LogP contribution in [0.1, 0.15) is 65.7 Å². The van der Waals surface area contributed by atoms with Crippen molar-refractivity contribution >= 4 is 17.5 Å². The third-order valence-corrected chi connectivity index (χ3v) is 5.17. The molecule has 1 fully saturated rings. The molecule has 2 atom stereocenters. The number of hydrogen-bond donors (Lipinski definition) is 0. The van der Waals surface area contributed by atoms with Crippen LogP contribution in [0.25, 0.3) is 0 Å². The maximum absolute atomic E-state index is 12.2. The van der Waals surface area contributed by atoms with E-state index >= 15 is 0 Å². The number of carbonyl (C=O) groups excluding carboxylic acids is 3. The summed E-state index contributed by atoms with van der Waals surface area (Å²) in [5.74, 6) is 0.399. The highest BCUT2D eigenvalue weighted by Gasteiger charge is 2.36. The molecule has 2 unspecified atom stereocenters. The van der Waals surface area contributed by atoms with Crippen LogP contribution in [0.3, 0.4) is 0 Å². The number of rotatable bonds is 6. The molecule has 4 heteroatoms. The van der Waals surface area contributed by atoms with Gasteiger partial charge in [0.1, 0.15) is 11.5 Å². The van der Waals surface area contributed by atoms with Gasteiger partial charge in [-0.05, 0) is 31.6 Å². The van der Waals surface area contributed by atoms with Crippen LogP contribution >= 0.6 is 0 Å². The number of hydrogen-bond acceptors (Lipinski definition) is 4. The van der Waals surface area contributed by atoms with Gasteiger partial charge in [0.05, 0.1) is 0 Å². The molecule has 24 heavy (non-hydrogen) atoms. The second kappa shape index (κ2) is 7.91. The highest BCUT2D eigenvalue weighted by molar-refractivity contribution is 5.95. The summed E-state index contributed by atoms with van der Waals surface area (Å²) in [5.41, 5.74) is -0.371. The van der Waals surface area contributed by atoms with Gasteiger partial charge in [0.25, 0.3) is 0 Å². The second-order valence-corrected chi connectivity index (χ2v) is 7.52. The highest BCUT2D eigenvalue weighted by atomic mass is 16.5. The molecule has 132 valence electrons. The monoisotopic (exact) mass is 332 g/mol. The molecule has 0 heterocycles. The van der Waals surface area contributed by atoms with Crippen LogP contribution in [-0.4, -0.2) is 17.5 Å². The molecule has 4 nitrogen and oxygen atoms in total. The fourth-order valence-corrected chi connectivity index (χ4v) is 3.41. The molecule has 0 aromatic rings. The summed E-state index contributed by atoms with van der Waals surface area (Å²) in [5, 5.41) is 0. The summed E-state index contributed by atoms with van der Waals surface area (Å²) in [7, 11) is 0. The third-order valence-electron chi connectivity index (χ3n) is 5.17. The van der Waals surface area contributed by atoms with Gasteiger partial charge in [0, 0.05) is 36.7 Å². The van der Waals surface area contributed by atoms with Crippen molar-refractivity contribution < 1.29 is 19.1 Å². The third kappa shape index (κ3) is 4.65. The van der Waals surface area contributed by atoms with E-state index in [1.54, 1.807) is 0 Å². The topological polar surface area (TPSA) is 60.4 Å². The van der Waals surface area contributed by atoms with Gasteiger partial charge < -0.3 is 4.74 Å². The summed E-state index contributed by atoms with van der Waals surface area (Å²) in [4.78, 5) is 36.2. The van der Waals surface area contributed by atoms with Gasteiger partial charge in [-0.25, -0.2) is 0 Å². The van der Waals surface area contributed by atoms with Gasteiger partial charge >= 0.3 is 5.97 Å². The number of allylic oxidation sites excluding steroid dienone is 4. The maximum atomic E-state index is 12.2. The van der Waals surface area contributed by atoms with Gasteiger partial charge in [0.15, 0.2) is 5.78 Å². The van der Waals surface area contributed by atoms with E-state index in [-0.39, 0.29) is 41.2 Å². The fourth-order valence-electron chi connectivity index (χ4n) is 3.41. The predicted octanol–water partition coefficient (Wildman–Crippen LogP) is 4.14. The minimum atomic E-state index is -0.371. The molecule has 2 aliphatic carbocycles. The Hall–Kier alpha value is -1.71. The van der Waals surface area contributed by atoms with E-state index < -0.39 is 0 Å². The summed E-state index contributed by atoms with van der Waals surface area (Å²) >= 11 is 0. The molecule has 0 bridgehead atoms. The van der Waals surface area contributed by atoms with E-state index in [0.717, 1.165) is 12.8 Å². The van der Waals surface area contributed by atoms with Crippen molar-refractivity contribution in [3.05, 3.63) is 24.0 Å². The lowest BCUT2D eigenvalue weighted by atomic mass is 9.79. The number of carbonyl (C=O) groups is 3. The van der Waals surface area contributed by atoms with Gasteiger partial charge in [-0.1, -0.05) is 32.9 Å². The van der Waals surface area contributed by atoms with E-state index in [1.807, 2.05) is 19.9 Å². The standard InChI is InChI=1S/C20H28O4/c1-4-5-6-7-16-14(8-9-17(16)21)12-19(23)24-15-10-11-20(2,3)18(22)13-15/h5-6,13-14,16H,4,7-12H2,1-3H3/b6-5+. The van der Waals surface area contributed by atoms with Crippen molar-refractivity contribution in [2.45, 2.75) is 65.7 Å². The first-order chi connectivity index (χ1) is 11.3. The Labute approximate surface area is 144 Å². The number of ketones is 2. The summed E-state index contributed by atoms with van der Waals surface area (Å²) in [6, 6.07) is 0. The van der Waals surface area contributed by atoms with E-state index in [2.05, 4.69) is 13.0 Å². The SMILES string of the molecule is CC/C=C/CC1C(=O)CCC1CC(=O)OC1=CC(=O)C(C)(C)CC1. The fraction of sp³-hybridized carbons (Fsp3) is 0.650. The molecular formula is C20H28O4. The molecule has 0 aromatic heterocycles. The number of esters is 1. The molecule has 2 aliphatic rings. The Morgan fingerprint density at radius 1 is 1.29 bits per heavy atom. The molecule has 2 rings (SSSR count). The van der Waals surface area contributed by atoms with Crippen molar-refractivity contribution in [1.29, 1.82) is 0 Å². The molecular weight excluding hydrogens is 304 g/mol. The molecule has 0 N–H and O–H groups in total. The van der Waals surface area contributed by atoms with Crippen LogP contribution in [0.5, 0.6) is 0 Å². The Morgan fingerprint density at radius 2 is 2.04 bits per heavy atom. The largest absolute Gasteiger partial charge is 0.431 e.